The van der Waals surface area contributed by atoms with Crippen LogP contribution in [0.1, 0.15) is 12.8 Å². The second kappa shape index (κ2) is 11.1. The second-order valence-corrected chi connectivity index (χ2v) is 13.8. The van der Waals surface area contributed by atoms with Crippen LogP contribution >= 0.6 is 12.6 Å². The summed E-state index contributed by atoms with van der Waals surface area (Å²) in [6, 6.07) is 10.4. The quantitative estimate of drug-likeness (QED) is 0.297. The molecule has 0 spiro atoms. The van der Waals surface area contributed by atoms with Gasteiger partial charge in [0.25, 0.3) is 0 Å². The molecule has 4 aromatic rings. The molecule has 15 heteroatoms. The fourth-order valence-electron chi connectivity index (χ4n) is 6.35. The summed E-state index contributed by atoms with van der Waals surface area (Å²) in [5.74, 6) is 0.462. The van der Waals surface area contributed by atoms with E-state index in [4.69, 9.17) is 4.98 Å². The predicted molar refractivity (Wildman–Crippen MR) is 164 cm³/mol. The molecule has 0 aliphatic carbocycles. The number of piperazine rings is 2. The summed E-state index contributed by atoms with van der Waals surface area (Å²) in [5.41, 5.74) is 2.27. The van der Waals surface area contributed by atoms with Crippen LogP contribution in [0.25, 0.3) is 5.65 Å². The van der Waals surface area contributed by atoms with Crippen LogP contribution in [0, 0.1) is 0 Å². The van der Waals surface area contributed by atoms with Crippen LogP contribution in [-0.2, 0) is 21.4 Å². The lowest BCUT2D eigenvalue weighted by molar-refractivity contribution is -0.133. The first-order valence-electron chi connectivity index (χ1n) is 14.4. The van der Waals surface area contributed by atoms with Crippen molar-refractivity contribution < 1.29 is 13.2 Å². The van der Waals surface area contributed by atoms with Gasteiger partial charge in [-0.15, -0.1) is 17.7 Å². The van der Waals surface area contributed by atoms with Gasteiger partial charge in [0.15, 0.2) is 5.65 Å². The van der Waals surface area contributed by atoms with Crippen LogP contribution in [0.5, 0.6) is 0 Å². The Balaban J connectivity index is 1.05. The summed E-state index contributed by atoms with van der Waals surface area (Å²) in [5, 5.41) is 12.2. The lowest BCUT2D eigenvalue weighted by atomic mass is 10.2. The molecular weight excluding hydrogens is 589 g/mol. The van der Waals surface area contributed by atoms with Gasteiger partial charge in [-0.2, -0.15) is 14.4 Å². The maximum absolute atomic E-state index is 13.6. The van der Waals surface area contributed by atoms with Gasteiger partial charge in [-0.25, -0.2) is 12.9 Å². The number of hydrogen-bond donors (Lipinski definition) is 2. The van der Waals surface area contributed by atoms with Gasteiger partial charge in [0, 0.05) is 68.6 Å². The molecule has 1 aromatic carbocycles. The largest absolute Gasteiger partial charge is 0.365 e. The van der Waals surface area contributed by atoms with E-state index in [9.17, 15) is 13.2 Å². The van der Waals surface area contributed by atoms with Gasteiger partial charge in [-0.05, 0) is 50.2 Å². The van der Waals surface area contributed by atoms with E-state index in [1.54, 1.807) is 50.2 Å². The maximum Gasteiger partial charge on any atom is 0.247 e. The number of rotatable bonds is 7. The fourth-order valence-corrected chi connectivity index (χ4v) is 8.56. The Bertz CT molecular complexity index is 1750. The zero-order chi connectivity index (χ0) is 29.7. The Kier molecular flexibility index (Phi) is 7.27. The lowest BCUT2D eigenvalue weighted by Crippen LogP contribution is -2.55. The number of amides is 1. The van der Waals surface area contributed by atoms with Crippen molar-refractivity contribution in [1.29, 1.82) is 0 Å². The summed E-state index contributed by atoms with van der Waals surface area (Å²) in [6.07, 6.45) is 6.90. The molecule has 2 bridgehead atoms. The number of hydrogen-bond acceptors (Lipinski definition) is 10. The van der Waals surface area contributed by atoms with Gasteiger partial charge in [-0.1, -0.05) is 6.07 Å². The molecule has 3 aliphatic heterocycles. The van der Waals surface area contributed by atoms with E-state index in [2.05, 4.69) is 45.0 Å². The smallest absolute Gasteiger partial charge is 0.247 e. The van der Waals surface area contributed by atoms with Crippen LogP contribution in [0.2, 0.25) is 0 Å². The third-order valence-corrected chi connectivity index (χ3v) is 10.8. The van der Waals surface area contributed by atoms with Crippen molar-refractivity contribution in [3.05, 3.63) is 55.0 Å². The first-order valence-corrected chi connectivity index (χ1v) is 16.3. The van der Waals surface area contributed by atoms with Gasteiger partial charge in [0.2, 0.25) is 21.9 Å². The monoisotopic (exact) mass is 622 g/mol. The van der Waals surface area contributed by atoms with E-state index >= 15 is 0 Å². The molecule has 6 heterocycles. The zero-order valence-corrected chi connectivity index (χ0v) is 25.5. The Hall–Kier alpha value is -3.66. The molecule has 1 N–H and O–H groups in total. The first kappa shape index (κ1) is 28.1. The Morgan fingerprint density at radius 1 is 1.07 bits per heavy atom. The molecule has 0 saturated carbocycles. The van der Waals surface area contributed by atoms with Crippen LogP contribution in [0.3, 0.4) is 0 Å². The highest BCUT2D eigenvalue weighted by molar-refractivity contribution is 7.89. The second-order valence-electron chi connectivity index (χ2n) is 11.5. The molecular formula is C28H34N10O3S2. The van der Waals surface area contributed by atoms with E-state index in [0.717, 1.165) is 44.7 Å². The highest BCUT2D eigenvalue weighted by Crippen LogP contribution is 2.38. The van der Waals surface area contributed by atoms with Gasteiger partial charge >= 0.3 is 0 Å². The minimum absolute atomic E-state index is 0.0512. The summed E-state index contributed by atoms with van der Waals surface area (Å²) in [6.45, 7) is 4.52. The minimum Gasteiger partial charge on any atom is -0.365 e. The minimum atomic E-state index is -3.63. The predicted octanol–water partition coefficient (Wildman–Crippen LogP) is 1.77. The number of carbonyl (C=O) groups is 1. The normalized spacial score (nSPS) is 21.5. The van der Waals surface area contributed by atoms with Gasteiger partial charge in [0.05, 0.1) is 22.5 Å². The standard InChI is InChI=1S/C28H34N10O3S2/c1-33-10-12-34(13-11-33)26(39)19-36-16-20(15-29-36)30-28-31-27-25(6-3-9-37(27)32-28)35-17-21-7-8-22(18-35)38(21)43(40,41)24-5-2-4-23(42)14-24/h2-6,9,14-16,21-22,42H,7-8,10-13,17-19H2,1H3,(H,30,32). The first-order chi connectivity index (χ1) is 20.7. The number of nitrogens with zero attached hydrogens (tertiary/aromatic N) is 9. The van der Waals surface area contributed by atoms with Crippen molar-refractivity contribution in [3.63, 3.8) is 0 Å². The van der Waals surface area contributed by atoms with E-state index < -0.39 is 10.0 Å². The van der Waals surface area contributed by atoms with Gasteiger partial charge in [0.1, 0.15) is 6.54 Å². The van der Waals surface area contributed by atoms with Crippen molar-refractivity contribution in [2.45, 2.75) is 41.3 Å². The van der Waals surface area contributed by atoms with Crippen molar-refractivity contribution in [1.82, 2.24) is 38.5 Å². The Labute approximate surface area is 255 Å². The number of pyridine rings is 1. The van der Waals surface area contributed by atoms with E-state index in [-0.39, 0.29) is 29.4 Å². The Morgan fingerprint density at radius 2 is 1.84 bits per heavy atom. The van der Waals surface area contributed by atoms with Crippen molar-refractivity contribution in [2.75, 3.05) is 56.5 Å². The molecule has 3 saturated heterocycles. The topological polar surface area (TPSA) is 124 Å². The van der Waals surface area contributed by atoms with Crippen LogP contribution in [0.15, 0.2) is 64.8 Å². The number of aromatic nitrogens is 5. The number of sulfonamides is 1. The number of likely N-dealkylation sites (N-methyl/N-ethyl adjacent to an activating group) is 1. The number of benzene rings is 1. The fraction of sp³-hybridized carbons (Fsp3) is 0.429. The number of nitrogens with one attached hydrogen (secondary N) is 1. The molecule has 0 radical (unpaired) electrons. The number of thiol groups is 1. The van der Waals surface area contributed by atoms with Crippen LogP contribution in [0.4, 0.5) is 17.3 Å². The summed E-state index contributed by atoms with van der Waals surface area (Å²) in [4.78, 5) is 24.7. The molecule has 2 atom stereocenters. The molecule has 43 heavy (non-hydrogen) atoms. The van der Waals surface area contributed by atoms with Crippen LogP contribution < -0.4 is 10.2 Å². The zero-order valence-electron chi connectivity index (χ0n) is 23.8. The number of anilines is 3. The number of fused-ring (bicyclic) bond motifs is 3. The summed E-state index contributed by atoms with van der Waals surface area (Å²) in [7, 11) is -1.57. The molecule has 1 amide bonds. The molecule has 2 unspecified atom stereocenters. The van der Waals surface area contributed by atoms with E-state index in [1.807, 2.05) is 23.2 Å². The average molecular weight is 623 g/mol. The molecule has 7 rings (SSSR count). The summed E-state index contributed by atoms with van der Waals surface area (Å²) >= 11 is 4.34. The van der Waals surface area contributed by atoms with E-state index in [0.29, 0.717) is 35.3 Å². The highest BCUT2D eigenvalue weighted by Gasteiger charge is 2.47. The maximum atomic E-state index is 13.6. The average Bonchev–Trinajstić information content (AvgIpc) is 3.68. The van der Waals surface area contributed by atoms with Gasteiger partial charge in [-0.3, -0.25) is 9.48 Å². The van der Waals surface area contributed by atoms with Gasteiger partial charge < -0.3 is 20.0 Å². The number of carbonyl (C=O) groups excluding carboxylic acids is 1. The van der Waals surface area contributed by atoms with Crippen molar-refractivity contribution in [2.24, 2.45) is 0 Å². The Morgan fingerprint density at radius 3 is 2.58 bits per heavy atom. The molecule has 3 aliphatic rings. The third-order valence-electron chi connectivity index (χ3n) is 8.53. The molecule has 226 valence electrons. The highest BCUT2D eigenvalue weighted by atomic mass is 32.2. The molecule has 3 aromatic heterocycles. The SMILES string of the molecule is CN1CCN(C(=O)Cn2cc(Nc3nc4c(N5CC6CCC(C5)N6S(=O)(=O)c5cccc(S)c5)cccn4n3)cn2)CC1. The lowest BCUT2D eigenvalue weighted by Gasteiger charge is -2.41. The van der Waals surface area contributed by atoms with Crippen molar-refractivity contribution in [3.8, 4) is 0 Å². The van der Waals surface area contributed by atoms with Crippen LogP contribution in [-0.4, -0.2) is 111 Å². The molecule has 13 nitrogen and oxygen atoms in total. The third kappa shape index (κ3) is 5.46. The summed E-state index contributed by atoms with van der Waals surface area (Å²) < 4.78 is 32.2. The molecule has 3 fully saturated rings. The van der Waals surface area contributed by atoms with E-state index in [1.165, 1.54) is 0 Å². The van der Waals surface area contributed by atoms with Crippen molar-refractivity contribution >= 4 is 51.5 Å².